The van der Waals surface area contributed by atoms with Crippen molar-refractivity contribution in [1.82, 2.24) is 10.2 Å². The van der Waals surface area contributed by atoms with E-state index in [2.05, 4.69) is 50.4 Å². The van der Waals surface area contributed by atoms with E-state index in [1.54, 1.807) is 0 Å². The van der Waals surface area contributed by atoms with Crippen LogP contribution >= 0.6 is 27.7 Å². The molecule has 3 nitrogen and oxygen atoms in total. The first-order valence-corrected chi connectivity index (χ1v) is 9.31. The minimum atomic E-state index is 0.323. The van der Waals surface area contributed by atoms with E-state index in [1.165, 1.54) is 4.90 Å². The molecule has 1 aromatic rings. The van der Waals surface area contributed by atoms with Crippen molar-refractivity contribution in [3.63, 3.8) is 0 Å². The van der Waals surface area contributed by atoms with Gasteiger partial charge in [-0.1, -0.05) is 15.9 Å². The third-order valence-corrected chi connectivity index (χ3v) is 5.38. The minimum absolute atomic E-state index is 0.323. The molecule has 0 aromatic heterocycles. The fourth-order valence-corrected chi connectivity index (χ4v) is 3.82. The standard InChI is InChI=1S/C16H23BrN2OS/c1-18-12-14-4-2-10-19(14)16(20)5-3-11-21-15-8-6-13(17)7-9-15/h6-9,14,18H,2-5,10-12H2,1H3. The van der Waals surface area contributed by atoms with Crippen molar-refractivity contribution < 1.29 is 4.79 Å². The molecule has 1 aromatic carbocycles. The van der Waals surface area contributed by atoms with E-state index in [0.717, 1.165) is 42.6 Å². The Morgan fingerprint density at radius 2 is 2.19 bits per heavy atom. The zero-order valence-electron chi connectivity index (χ0n) is 12.5. The first-order valence-electron chi connectivity index (χ1n) is 7.53. The lowest BCUT2D eigenvalue weighted by Gasteiger charge is -2.24. The highest BCUT2D eigenvalue weighted by atomic mass is 79.9. The van der Waals surface area contributed by atoms with E-state index in [1.807, 2.05) is 18.8 Å². The fourth-order valence-electron chi connectivity index (χ4n) is 2.70. The molecular formula is C16H23BrN2OS. The number of hydrogen-bond donors (Lipinski definition) is 1. The van der Waals surface area contributed by atoms with E-state index >= 15 is 0 Å². The van der Waals surface area contributed by atoms with Crippen LogP contribution in [0.15, 0.2) is 33.6 Å². The zero-order chi connectivity index (χ0) is 15.1. The fraction of sp³-hybridized carbons (Fsp3) is 0.562. The van der Waals surface area contributed by atoms with Crippen LogP contribution in [-0.2, 0) is 4.79 Å². The molecule has 5 heteroatoms. The van der Waals surface area contributed by atoms with Gasteiger partial charge >= 0.3 is 0 Å². The molecule has 1 amide bonds. The Balaban J connectivity index is 1.68. The molecule has 116 valence electrons. The van der Waals surface area contributed by atoms with Crippen molar-refractivity contribution in [2.45, 2.75) is 36.6 Å². The molecule has 1 saturated heterocycles. The van der Waals surface area contributed by atoms with Crippen LogP contribution in [-0.4, -0.2) is 42.7 Å². The molecule has 1 aliphatic rings. The summed E-state index contributed by atoms with van der Waals surface area (Å²) >= 11 is 5.26. The number of likely N-dealkylation sites (tertiary alicyclic amines) is 1. The van der Waals surface area contributed by atoms with Gasteiger partial charge in [0.2, 0.25) is 5.91 Å². The molecule has 0 radical (unpaired) electrons. The predicted octanol–water partition coefficient (Wildman–Crippen LogP) is 3.53. The molecule has 0 aliphatic carbocycles. The van der Waals surface area contributed by atoms with E-state index < -0.39 is 0 Å². The third-order valence-electron chi connectivity index (χ3n) is 3.75. The number of likely N-dealkylation sites (N-methyl/N-ethyl adjacent to an activating group) is 1. The SMILES string of the molecule is CNCC1CCCN1C(=O)CCCSc1ccc(Br)cc1. The van der Waals surface area contributed by atoms with Gasteiger partial charge in [-0.25, -0.2) is 0 Å². The Bertz CT molecular complexity index is 452. The van der Waals surface area contributed by atoms with Crippen LogP contribution in [0.1, 0.15) is 25.7 Å². The van der Waals surface area contributed by atoms with Crippen LogP contribution in [0.4, 0.5) is 0 Å². The number of halogens is 1. The summed E-state index contributed by atoms with van der Waals surface area (Å²) in [6.45, 7) is 1.85. The summed E-state index contributed by atoms with van der Waals surface area (Å²) in [5, 5.41) is 3.19. The average Bonchev–Trinajstić information content (AvgIpc) is 2.94. The van der Waals surface area contributed by atoms with Crippen LogP contribution in [0.2, 0.25) is 0 Å². The first-order chi connectivity index (χ1) is 10.2. The van der Waals surface area contributed by atoms with Crippen LogP contribution in [0, 0.1) is 0 Å². The summed E-state index contributed by atoms with van der Waals surface area (Å²) in [6, 6.07) is 8.74. The van der Waals surface area contributed by atoms with Gasteiger partial charge in [0, 0.05) is 34.9 Å². The normalized spacial score (nSPS) is 18.2. The quantitative estimate of drug-likeness (QED) is 0.588. The maximum atomic E-state index is 12.3. The Hall–Kier alpha value is -0.520. The molecular weight excluding hydrogens is 348 g/mol. The Labute approximate surface area is 140 Å². The summed E-state index contributed by atoms with van der Waals surface area (Å²) in [7, 11) is 1.95. The highest BCUT2D eigenvalue weighted by Gasteiger charge is 2.27. The molecule has 21 heavy (non-hydrogen) atoms. The summed E-state index contributed by atoms with van der Waals surface area (Å²) < 4.78 is 1.10. The number of benzene rings is 1. The number of hydrogen-bond acceptors (Lipinski definition) is 3. The number of nitrogens with zero attached hydrogens (tertiary/aromatic N) is 1. The Morgan fingerprint density at radius 3 is 2.90 bits per heavy atom. The van der Waals surface area contributed by atoms with Gasteiger partial charge in [-0.3, -0.25) is 4.79 Å². The summed E-state index contributed by atoms with van der Waals surface area (Å²) in [6.07, 6.45) is 3.90. The van der Waals surface area contributed by atoms with E-state index in [0.29, 0.717) is 18.4 Å². The maximum absolute atomic E-state index is 12.3. The predicted molar refractivity (Wildman–Crippen MR) is 92.8 cm³/mol. The van der Waals surface area contributed by atoms with Crippen molar-refractivity contribution >= 4 is 33.6 Å². The summed E-state index contributed by atoms with van der Waals surface area (Å²) in [5.74, 6) is 1.32. The van der Waals surface area contributed by atoms with E-state index in [-0.39, 0.29) is 0 Å². The molecule has 1 N–H and O–H groups in total. The maximum Gasteiger partial charge on any atom is 0.222 e. The lowest BCUT2D eigenvalue weighted by molar-refractivity contribution is -0.131. The van der Waals surface area contributed by atoms with Crippen molar-refractivity contribution in [3.8, 4) is 0 Å². The van der Waals surface area contributed by atoms with Gasteiger partial charge in [-0.15, -0.1) is 11.8 Å². The van der Waals surface area contributed by atoms with Crippen molar-refractivity contribution in [1.29, 1.82) is 0 Å². The first kappa shape index (κ1) is 16.8. The largest absolute Gasteiger partial charge is 0.338 e. The molecule has 1 heterocycles. The number of amides is 1. The van der Waals surface area contributed by atoms with Gasteiger partial charge in [0.15, 0.2) is 0 Å². The lowest BCUT2D eigenvalue weighted by atomic mass is 10.2. The minimum Gasteiger partial charge on any atom is -0.338 e. The van der Waals surface area contributed by atoms with Crippen LogP contribution in [0.25, 0.3) is 0 Å². The number of nitrogens with one attached hydrogen (secondary N) is 1. The second-order valence-corrected chi connectivity index (χ2v) is 7.43. The monoisotopic (exact) mass is 370 g/mol. The average molecular weight is 371 g/mol. The van der Waals surface area contributed by atoms with Gasteiger partial charge in [0.05, 0.1) is 0 Å². The second-order valence-electron chi connectivity index (χ2n) is 5.35. The third kappa shape index (κ3) is 5.31. The lowest BCUT2D eigenvalue weighted by Crippen LogP contribution is -2.40. The number of rotatable bonds is 7. The molecule has 0 bridgehead atoms. The molecule has 1 atom stereocenters. The molecule has 1 unspecified atom stereocenters. The highest BCUT2D eigenvalue weighted by molar-refractivity contribution is 9.10. The molecule has 2 rings (SSSR count). The topological polar surface area (TPSA) is 32.3 Å². The summed E-state index contributed by atoms with van der Waals surface area (Å²) in [4.78, 5) is 15.6. The van der Waals surface area contributed by atoms with E-state index in [9.17, 15) is 4.79 Å². The van der Waals surface area contributed by atoms with Crippen molar-refractivity contribution in [3.05, 3.63) is 28.7 Å². The number of carbonyl (C=O) groups excluding carboxylic acids is 1. The highest BCUT2D eigenvalue weighted by Crippen LogP contribution is 2.23. The Morgan fingerprint density at radius 1 is 1.43 bits per heavy atom. The Kier molecular flexibility index (Phi) is 7.07. The van der Waals surface area contributed by atoms with Gasteiger partial charge < -0.3 is 10.2 Å². The van der Waals surface area contributed by atoms with Crippen molar-refractivity contribution in [2.75, 3.05) is 25.9 Å². The van der Waals surface area contributed by atoms with Crippen molar-refractivity contribution in [2.24, 2.45) is 0 Å². The van der Waals surface area contributed by atoms with Gasteiger partial charge in [-0.2, -0.15) is 0 Å². The van der Waals surface area contributed by atoms with Gasteiger partial charge in [0.1, 0.15) is 0 Å². The molecule has 1 fully saturated rings. The molecule has 1 aliphatic heterocycles. The van der Waals surface area contributed by atoms with Crippen LogP contribution < -0.4 is 5.32 Å². The van der Waals surface area contributed by atoms with Crippen LogP contribution in [0.5, 0.6) is 0 Å². The number of thioether (sulfide) groups is 1. The number of carbonyl (C=O) groups is 1. The van der Waals surface area contributed by atoms with Crippen LogP contribution in [0.3, 0.4) is 0 Å². The van der Waals surface area contributed by atoms with Gasteiger partial charge in [-0.05, 0) is 56.3 Å². The zero-order valence-corrected chi connectivity index (χ0v) is 14.9. The van der Waals surface area contributed by atoms with E-state index in [4.69, 9.17) is 0 Å². The molecule has 0 spiro atoms. The second kappa shape index (κ2) is 8.81. The molecule has 0 saturated carbocycles. The van der Waals surface area contributed by atoms with Gasteiger partial charge in [0.25, 0.3) is 0 Å². The summed E-state index contributed by atoms with van der Waals surface area (Å²) in [5.41, 5.74) is 0. The smallest absolute Gasteiger partial charge is 0.222 e.